The minimum atomic E-state index is 0.0347. The zero-order chi connectivity index (χ0) is 17.2. The Balaban J connectivity index is 1.27. The van der Waals surface area contributed by atoms with Crippen molar-refractivity contribution in [2.45, 2.75) is 51.5 Å². The number of oxazole rings is 1. The van der Waals surface area contributed by atoms with Gasteiger partial charge in [-0.3, -0.25) is 4.79 Å². The molecule has 25 heavy (non-hydrogen) atoms. The Morgan fingerprint density at radius 2 is 2.00 bits per heavy atom. The van der Waals surface area contributed by atoms with Crippen LogP contribution in [0.25, 0.3) is 0 Å². The van der Waals surface area contributed by atoms with Gasteiger partial charge >= 0.3 is 0 Å². The van der Waals surface area contributed by atoms with Crippen molar-refractivity contribution < 1.29 is 4.42 Å². The van der Waals surface area contributed by atoms with Crippen LogP contribution < -0.4 is 5.56 Å². The third-order valence-electron chi connectivity index (χ3n) is 5.36. The zero-order valence-corrected chi connectivity index (χ0v) is 14.9. The molecule has 6 heteroatoms. The van der Waals surface area contributed by atoms with E-state index in [4.69, 9.17) is 4.42 Å². The number of aryl methyl sites for hydroxylation is 1. The molecule has 0 radical (unpaired) electrons. The lowest BCUT2D eigenvalue weighted by Gasteiger charge is -2.31. The average molecular weight is 342 g/mol. The van der Waals surface area contributed by atoms with E-state index < -0.39 is 0 Å². The number of likely N-dealkylation sites (tertiary alicyclic amines) is 1. The van der Waals surface area contributed by atoms with Crippen molar-refractivity contribution in [2.24, 2.45) is 5.92 Å². The second kappa shape index (κ2) is 7.12. The van der Waals surface area contributed by atoms with Gasteiger partial charge in [0.15, 0.2) is 5.89 Å². The molecule has 2 aromatic rings. The van der Waals surface area contributed by atoms with Crippen molar-refractivity contribution >= 4 is 0 Å². The molecule has 1 aliphatic heterocycles. The number of hydrogen-bond acceptors (Lipinski definition) is 5. The molecule has 0 amide bonds. The minimum Gasteiger partial charge on any atom is -0.446 e. The van der Waals surface area contributed by atoms with Gasteiger partial charge in [0.25, 0.3) is 5.56 Å². The van der Waals surface area contributed by atoms with Crippen LogP contribution in [0.2, 0.25) is 0 Å². The summed E-state index contributed by atoms with van der Waals surface area (Å²) in [6.07, 6.45) is 7.42. The number of nitrogens with zero attached hydrogens (tertiary/aromatic N) is 4. The lowest BCUT2D eigenvalue weighted by Crippen LogP contribution is -2.37. The highest BCUT2D eigenvalue weighted by atomic mass is 16.4. The Kier molecular flexibility index (Phi) is 4.70. The Morgan fingerprint density at radius 3 is 2.68 bits per heavy atom. The SMILES string of the molecule is Cc1ncc(CCN2CCC(Cn3nc(C4CC4)ccc3=O)CC2)o1. The predicted octanol–water partition coefficient (Wildman–Crippen LogP) is 2.37. The number of rotatable bonds is 6. The molecule has 0 N–H and O–H groups in total. The van der Waals surface area contributed by atoms with Gasteiger partial charge in [0, 0.05) is 38.4 Å². The second-order valence-electron chi connectivity index (χ2n) is 7.43. The van der Waals surface area contributed by atoms with E-state index in [9.17, 15) is 4.79 Å². The molecule has 0 spiro atoms. The molecule has 134 valence electrons. The summed E-state index contributed by atoms with van der Waals surface area (Å²) in [5.41, 5.74) is 1.13. The van der Waals surface area contributed by atoms with E-state index in [1.165, 1.54) is 12.8 Å². The summed E-state index contributed by atoms with van der Waals surface area (Å²) < 4.78 is 7.24. The van der Waals surface area contributed by atoms with Crippen LogP contribution in [0, 0.1) is 12.8 Å². The fourth-order valence-electron chi connectivity index (χ4n) is 3.62. The smallest absolute Gasteiger partial charge is 0.266 e. The minimum absolute atomic E-state index is 0.0347. The molecule has 2 fully saturated rings. The molecular weight excluding hydrogens is 316 g/mol. The van der Waals surface area contributed by atoms with Gasteiger partial charge in [0.2, 0.25) is 0 Å². The molecule has 6 nitrogen and oxygen atoms in total. The molecule has 3 heterocycles. The van der Waals surface area contributed by atoms with Gasteiger partial charge in [-0.1, -0.05) is 0 Å². The average Bonchev–Trinajstić information content (AvgIpc) is 3.38. The lowest BCUT2D eigenvalue weighted by atomic mass is 9.96. The van der Waals surface area contributed by atoms with E-state index in [-0.39, 0.29) is 5.56 Å². The Morgan fingerprint density at radius 1 is 1.20 bits per heavy atom. The van der Waals surface area contributed by atoms with Crippen molar-refractivity contribution in [3.63, 3.8) is 0 Å². The Labute approximate surface area is 147 Å². The normalized spacial score (nSPS) is 19.4. The van der Waals surface area contributed by atoms with Gasteiger partial charge in [0.1, 0.15) is 5.76 Å². The van der Waals surface area contributed by atoms with Gasteiger partial charge in [-0.2, -0.15) is 5.10 Å². The van der Waals surface area contributed by atoms with Crippen LogP contribution in [-0.4, -0.2) is 39.3 Å². The predicted molar refractivity (Wildman–Crippen MR) is 94.6 cm³/mol. The van der Waals surface area contributed by atoms with Crippen molar-refractivity contribution in [1.29, 1.82) is 0 Å². The maximum atomic E-state index is 12.1. The van der Waals surface area contributed by atoms with Crippen LogP contribution in [0.15, 0.2) is 27.5 Å². The molecule has 2 aliphatic rings. The first kappa shape index (κ1) is 16.5. The third kappa shape index (κ3) is 4.18. The molecule has 1 saturated carbocycles. The van der Waals surface area contributed by atoms with Crippen LogP contribution in [0.1, 0.15) is 48.9 Å². The number of piperidine rings is 1. The van der Waals surface area contributed by atoms with Crippen molar-refractivity contribution in [1.82, 2.24) is 19.7 Å². The quantitative estimate of drug-likeness (QED) is 0.806. The molecule has 1 saturated heterocycles. The van der Waals surface area contributed by atoms with E-state index in [2.05, 4.69) is 15.0 Å². The highest BCUT2D eigenvalue weighted by molar-refractivity contribution is 5.12. The van der Waals surface area contributed by atoms with E-state index in [0.29, 0.717) is 11.8 Å². The van der Waals surface area contributed by atoms with Crippen LogP contribution >= 0.6 is 0 Å². The van der Waals surface area contributed by atoms with E-state index in [1.54, 1.807) is 10.7 Å². The summed E-state index contributed by atoms with van der Waals surface area (Å²) in [6.45, 7) is 5.80. The summed E-state index contributed by atoms with van der Waals surface area (Å²) in [7, 11) is 0. The van der Waals surface area contributed by atoms with Crippen LogP contribution in [-0.2, 0) is 13.0 Å². The fourth-order valence-corrected chi connectivity index (χ4v) is 3.62. The number of hydrogen-bond donors (Lipinski definition) is 0. The van der Waals surface area contributed by atoms with Gasteiger partial charge < -0.3 is 9.32 Å². The lowest BCUT2D eigenvalue weighted by molar-refractivity contribution is 0.169. The molecule has 0 atom stereocenters. The molecule has 0 aromatic carbocycles. The standard InChI is InChI=1S/C19H26N4O2/c1-14-20-12-17(25-14)8-11-22-9-6-15(7-10-22)13-23-19(24)5-4-18(21-23)16-2-3-16/h4-5,12,15-16H,2-3,6-11,13H2,1H3. The zero-order valence-electron chi connectivity index (χ0n) is 14.9. The highest BCUT2D eigenvalue weighted by Gasteiger charge is 2.26. The van der Waals surface area contributed by atoms with E-state index in [1.807, 2.05) is 19.2 Å². The maximum Gasteiger partial charge on any atom is 0.266 e. The number of aromatic nitrogens is 3. The topological polar surface area (TPSA) is 64.2 Å². The molecule has 4 rings (SSSR count). The molecule has 0 bridgehead atoms. The Hall–Kier alpha value is -1.95. The first-order valence-electron chi connectivity index (χ1n) is 9.39. The summed E-state index contributed by atoms with van der Waals surface area (Å²) >= 11 is 0. The second-order valence-corrected chi connectivity index (χ2v) is 7.43. The largest absolute Gasteiger partial charge is 0.446 e. The summed E-state index contributed by atoms with van der Waals surface area (Å²) in [5.74, 6) is 2.84. The molecular formula is C19H26N4O2. The maximum absolute atomic E-state index is 12.1. The summed E-state index contributed by atoms with van der Waals surface area (Å²) in [4.78, 5) is 18.7. The first-order chi connectivity index (χ1) is 12.2. The van der Waals surface area contributed by atoms with Crippen LogP contribution in [0.3, 0.4) is 0 Å². The highest BCUT2D eigenvalue weighted by Crippen LogP contribution is 2.38. The summed E-state index contributed by atoms with van der Waals surface area (Å²) in [5, 5.41) is 4.60. The van der Waals surface area contributed by atoms with Gasteiger partial charge in [-0.05, 0) is 50.8 Å². The van der Waals surface area contributed by atoms with Gasteiger partial charge in [-0.15, -0.1) is 0 Å². The third-order valence-corrected chi connectivity index (χ3v) is 5.36. The van der Waals surface area contributed by atoms with E-state index in [0.717, 1.165) is 62.8 Å². The van der Waals surface area contributed by atoms with Crippen LogP contribution in [0.5, 0.6) is 0 Å². The van der Waals surface area contributed by atoms with E-state index >= 15 is 0 Å². The van der Waals surface area contributed by atoms with Crippen molar-refractivity contribution in [3.8, 4) is 0 Å². The van der Waals surface area contributed by atoms with Crippen molar-refractivity contribution in [2.75, 3.05) is 19.6 Å². The monoisotopic (exact) mass is 342 g/mol. The van der Waals surface area contributed by atoms with Crippen LogP contribution in [0.4, 0.5) is 0 Å². The molecule has 2 aromatic heterocycles. The summed E-state index contributed by atoms with van der Waals surface area (Å²) in [6, 6.07) is 3.60. The molecule has 0 unspecified atom stereocenters. The van der Waals surface area contributed by atoms with Gasteiger partial charge in [0.05, 0.1) is 11.9 Å². The Bertz CT molecular complexity index is 770. The van der Waals surface area contributed by atoms with Gasteiger partial charge in [-0.25, -0.2) is 9.67 Å². The van der Waals surface area contributed by atoms with Crippen molar-refractivity contribution in [3.05, 3.63) is 46.0 Å². The fraction of sp³-hybridized carbons (Fsp3) is 0.632. The first-order valence-corrected chi connectivity index (χ1v) is 9.39. The molecule has 1 aliphatic carbocycles.